The molecule has 1 aliphatic rings. The van der Waals surface area contributed by atoms with E-state index in [0.717, 1.165) is 54.7 Å². The summed E-state index contributed by atoms with van der Waals surface area (Å²) in [6.45, 7) is 6.56. The molecule has 1 aromatic carbocycles. The van der Waals surface area contributed by atoms with Crippen LogP contribution in [-0.4, -0.2) is 32.4 Å². The first-order valence-electron chi connectivity index (χ1n) is 7.83. The van der Waals surface area contributed by atoms with Gasteiger partial charge in [0.1, 0.15) is 6.07 Å². The van der Waals surface area contributed by atoms with E-state index in [4.69, 9.17) is 0 Å². The predicted molar refractivity (Wildman–Crippen MR) is 91.0 cm³/mol. The van der Waals surface area contributed by atoms with Gasteiger partial charge in [0, 0.05) is 18.0 Å². The molecule has 4 heteroatoms. The molecule has 0 aliphatic carbocycles. The lowest BCUT2D eigenvalue weighted by molar-refractivity contribution is 0.373. The zero-order valence-corrected chi connectivity index (χ0v) is 13.9. The monoisotopic (exact) mass is 303 g/mol. The van der Waals surface area contributed by atoms with Gasteiger partial charge in [-0.15, -0.1) is 11.8 Å². The zero-order chi connectivity index (χ0) is 15.1. The molecule has 0 radical (unpaired) electrons. The van der Waals surface area contributed by atoms with Crippen molar-refractivity contribution < 1.29 is 0 Å². The molecule has 1 aliphatic heterocycles. The predicted octanol–water partition coefficient (Wildman–Crippen LogP) is 3.50. The molecule has 0 atom stereocenters. The van der Waals surface area contributed by atoms with Crippen LogP contribution >= 0.6 is 11.8 Å². The number of anilines is 1. The second-order valence-electron chi connectivity index (χ2n) is 5.61. The smallest absolute Gasteiger partial charge is 0.103 e. The molecule has 0 amide bonds. The highest BCUT2D eigenvalue weighted by Gasteiger charge is 2.19. The van der Waals surface area contributed by atoms with Crippen LogP contribution in [0.15, 0.2) is 23.1 Å². The molecule has 0 saturated carbocycles. The van der Waals surface area contributed by atoms with Crippen molar-refractivity contribution in [2.24, 2.45) is 5.92 Å². The van der Waals surface area contributed by atoms with Crippen LogP contribution in [0.4, 0.5) is 5.69 Å². The number of benzene rings is 1. The van der Waals surface area contributed by atoms with Gasteiger partial charge in [0.15, 0.2) is 0 Å². The van der Waals surface area contributed by atoms with Crippen molar-refractivity contribution >= 4 is 17.4 Å². The summed E-state index contributed by atoms with van der Waals surface area (Å²) in [6, 6.07) is 8.64. The van der Waals surface area contributed by atoms with Gasteiger partial charge in [-0.3, -0.25) is 0 Å². The molecule has 2 rings (SSSR count). The van der Waals surface area contributed by atoms with E-state index < -0.39 is 0 Å². The van der Waals surface area contributed by atoms with Crippen LogP contribution in [0.3, 0.4) is 0 Å². The highest BCUT2D eigenvalue weighted by molar-refractivity contribution is 7.98. The third kappa shape index (κ3) is 4.15. The van der Waals surface area contributed by atoms with Crippen LogP contribution in [0, 0.1) is 17.2 Å². The fourth-order valence-corrected chi connectivity index (χ4v) is 3.59. The number of nitrogens with zero attached hydrogens (tertiary/aromatic N) is 2. The number of nitriles is 1. The van der Waals surface area contributed by atoms with Crippen molar-refractivity contribution in [1.29, 1.82) is 5.26 Å². The molecule has 0 spiro atoms. The van der Waals surface area contributed by atoms with Crippen LogP contribution in [0.5, 0.6) is 0 Å². The summed E-state index contributed by atoms with van der Waals surface area (Å²) in [4.78, 5) is 3.51. The summed E-state index contributed by atoms with van der Waals surface area (Å²) in [5, 5.41) is 13.0. The quantitative estimate of drug-likeness (QED) is 0.817. The maximum Gasteiger partial charge on any atom is 0.103 e. The van der Waals surface area contributed by atoms with Gasteiger partial charge in [-0.25, -0.2) is 0 Å². The normalized spacial score (nSPS) is 15.7. The van der Waals surface area contributed by atoms with E-state index in [1.54, 1.807) is 11.8 Å². The highest BCUT2D eigenvalue weighted by atomic mass is 32.2. The Hall–Kier alpha value is -1.18. The minimum Gasteiger partial charge on any atom is -0.370 e. The lowest BCUT2D eigenvalue weighted by Gasteiger charge is -2.32. The van der Waals surface area contributed by atoms with Gasteiger partial charge in [-0.05, 0) is 56.7 Å². The van der Waals surface area contributed by atoms with E-state index in [9.17, 15) is 5.26 Å². The Labute approximate surface area is 132 Å². The van der Waals surface area contributed by atoms with E-state index in [2.05, 4.69) is 35.3 Å². The Bertz CT molecular complexity index is 489. The first-order valence-corrected chi connectivity index (χ1v) is 9.05. The van der Waals surface area contributed by atoms with Gasteiger partial charge < -0.3 is 10.2 Å². The maximum atomic E-state index is 9.55. The number of rotatable bonds is 6. The molecule has 0 aromatic heterocycles. The highest BCUT2D eigenvalue weighted by Crippen LogP contribution is 2.30. The van der Waals surface area contributed by atoms with Crippen LogP contribution in [0.1, 0.15) is 31.7 Å². The van der Waals surface area contributed by atoms with Gasteiger partial charge in [0.2, 0.25) is 0 Å². The molecule has 3 nitrogen and oxygen atoms in total. The van der Waals surface area contributed by atoms with Crippen LogP contribution in [0.25, 0.3) is 0 Å². The van der Waals surface area contributed by atoms with Gasteiger partial charge in [-0.2, -0.15) is 5.26 Å². The summed E-state index contributed by atoms with van der Waals surface area (Å²) >= 11 is 1.66. The third-order valence-corrected chi connectivity index (χ3v) is 4.89. The first-order chi connectivity index (χ1) is 10.3. The molecule has 1 aromatic rings. The zero-order valence-electron chi connectivity index (χ0n) is 13.1. The summed E-state index contributed by atoms with van der Waals surface area (Å²) in [7, 11) is 0. The van der Waals surface area contributed by atoms with Crippen LogP contribution < -0.4 is 10.2 Å². The van der Waals surface area contributed by atoms with E-state index in [-0.39, 0.29) is 0 Å². The molecule has 0 unspecified atom stereocenters. The van der Waals surface area contributed by atoms with Gasteiger partial charge in [0.05, 0.1) is 11.3 Å². The minimum absolute atomic E-state index is 0.738. The van der Waals surface area contributed by atoms with E-state index >= 15 is 0 Å². The maximum absolute atomic E-state index is 9.55. The largest absolute Gasteiger partial charge is 0.370 e. The van der Waals surface area contributed by atoms with E-state index in [0.29, 0.717) is 0 Å². The minimum atomic E-state index is 0.738. The van der Waals surface area contributed by atoms with Gasteiger partial charge in [-0.1, -0.05) is 13.0 Å². The number of piperidine rings is 1. The Kier molecular flexibility index (Phi) is 6.41. The second kappa shape index (κ2) is 8.31. The topological polar surface area (TPSA) is 39.1 Å². The number of thioether (sulfide) groups is 1. The summed E-state index contributed by atoms with van der Waals surface area (Å²) in [5.74, 6) is 0.738. The summed E-state index contributed by atoms with van der Waals surface area (Å²) in [5.41, 5.74) is 1.96. The average Bonchev–Trinajstić information content (AvgIpc) is 2.54. The molecule has 0 bridgehead atoms. The SMILES string of the molecule is CCCN(CC1CCNCC1)c1cccc(SC)c1C#N. The Morgan fingerprint density at radius 3 is 2.76 bits per heavy atom. The van der Waals surface area contributed by atoms with Gasteiger partial charge >= 0.3 is 0 Å². The van der Waals surface area contributed by atoms with Crippen molar-refractivity contribution in [3.63, 3.8) is 0 Å². The number of hydrogen-bond acceptors (Lipinski definition) is 4. The molecule has 1 fully saturated rings. The van der Waals surface area contributed by atoms with E-state index in [1.807, 2.05) is 12.3 Å². The molecule has 21 heavy (non-hydrogen) atoms. The van der Waals surface area contributed by atoms with Crippen LogP contribution in [0.2, 0.25) is 0 Å². The first kappa shape index (κ1) is 16.2. The molecule has 114 valence electrons. The fourth-order valence-electron chi connectivity index (χ4n) is 3.02. The van der Waals surface area contributed by atoms with Crippen molar-refractivity contribution in [2.45, 2.75) is 31.1 Å². The van der Waals surface area contributed by atoms with Crippen molar-refractivity contribution in [3.8, 4) is 6.07 Å². The second-order valence-corrected chi connectivity index (χ2v) is 6.45. The van der Waals surface area contributed by atoms with Gasteiger partial charge in [0.25, 0.3) is 0 Å². The summed E-state index contributed by atoms with van der Waals surface area (Å²) in [6.07, 6.45) is 5.63. The van der Waals surface area contributed by atoms with E-state index in [1.165, 1.54) is 12.8 Å². The number of nitrogens with one attached hydrogen (secondary N) is 1. The standard InChI is InChI=1S/C17H25N3S/c1-3-11-20(13-14-7-9-19-10-8-14)16-5-4-6-17(21-2)15(16)12-18/h4-6,14,19H,3,7-11,13H2,1-2H3. The molecule has 1 heterocycles. The Morgan fingerprint density at radius 1 is 1.38 bits per heavy atom. The molecule has 1 N–H and O–H groups in total. The third-order valence-electron chi connectivity index (χ3n) is 4.11. The average molecular weight is 303 g/mol. The van der Waals surface area contributed by atoms with Crippen molar-refractivity contribution in [3.05, 3.63) is 23.8 Å². The van der Waals surface area contributed by atoms with Crippen LogP contribution in [-0.2, 0) is 0 Å². The Morgan fingerprint density at radius 2 is 2.14 bits per heavy atom. The number of hydrogen-bond donors (Lipinski definition) is 1. The molecular weight excluding hydrogens is 278 g/mol. The lowest BCUT2D eigenvalue weighted by atomic mass is 9.97. The summed E-state index contributed by atoms with van der Waals surface area (Å²) < 4.78 is 0. The van der Waals surface area contributed by atoms with Crippen molar-refractivity contribution in [1.82, 2.24) is 5.32 Å². The molecular formula is C17H25N3S. The van der Waals surface area contributed by atoms with Crippen molar-refractivity contribution in [2.75, 3.05) is 37.3 Å². The Balaban J connectivity index is 2.23. The molecule has 1 saturated heterocycles. The fraction of sp³-hybridized carbons (Fsp3) is 0.588. The lowest BCUT2D eigenvalue weighted by Crippen LogP contribution is -2.37.